The highest BCUT2D eigenvalue weighted by molar-refractivity contribution is 7.19. The topological polar surface area (TPSA) is 51.8 Å². The molecule has 0 aliphatic carbocycles. The van der Waals surface area contributed by atoms with Crippen molar-refractivity contribution in [1.82, 2.24) is 9.97 Å². The van der Waals surface area contributed by atoms with Gasteiger partial charge in [-0.25, -0.2) is 9.97 Å². The maximum Gasteiger partial charge on any atom is 0.151 e. The monoisotopic (exact) mass is 256 g/mol. The molecular formula is C14H14N3S. The number of nitrogen functional groups attached to an aromatic ring is 1. The third-order valence-corrected chi connectivity index (χ3v) is 3.90. The summed E-state index contributed by atoms with van der Waals surface area (Å²) in [5.41, 5.74) is 7.77. The number of rotatable bonds is 2. The molecule has 0 aliphatic rings. The number of para-hydroxylation sites is 1. The van der Waals surface area contributed by atoms with Crippen LogP contribution < -0.4 is 5.73 Å². The van der Waals surface area contributed by atoms with Crippen molar-refractivity contribution in [2.45, 2.75) is 20.3 Å². The van der Waals surface area contributed by atoms with Crippen molar-refractivity contribution in [3.8, 4) is 0 Å². The number of nitrogens with zero attached hydrogens (tertiary/aromatic N) is 2. The number of hydrogen-bond acceptors (Lipinski definition) is 4. The van der Waals surface area contributed by atoms with Crippen LogP contribution in [0.2, 0.25) is 0 Å². The normalized spacial score (nSPS) is 11.7. The Morgan fingerprint density at radius 2 is 2.00 bits per heavy atom. The molecule has 3 aromatic rings. The number of nitrogens with two attached hydrogens (primary N) is 1. The second-order valence-corrected chi connectivity index (χ2v) is 5.77. The van der Waals surface area contributed by atoms with Gasteiger partial charge in [-0.1, -0.05) is 32.0 Å². The molecule has 2 aromatic heterocycles. The molecule has 1 radical (unpaired) electrons. The van der Waals surface area contributed by atoms with Gasteiger partial charge >= 0.3 is 0 Å². The van der Waals surface area contributed by atoms with Crippen LogP contribution in [0.4, 0.5) is 5.82 Å². The third kappa shape index (κ3) is 1.82. The molecule has 2 N–H and O–H groups in total. The Hall–Kier alpha value is -1.68. The summed E-state index contributed by atoms with van der Waals surface area (Å²) in [7, 11) is 0. The predicted molar refractivity (Wildman–Crippen MR) is 77.6 cm³/mol. The Labute approximate surface area is 110 Å². The summed E-state index contributed by atoms with van der Waals surface area (Å²) in [6, 6.07) is 8.07. The fraction of sp³-hybridized carbons (Fsp3) is 0.214. The fourth-order valence-electron chi connectivity index (χ4n) is 2.04. The van der Waals surface area contributed by atoms with E-state index in [1.54, 1.807) is 11.3 Å². The Bertz CT molecular complexity index is 715. The molecule has 91 valence electrons. The summed E-state index contributed by atoms with van der Waals surface area (Å²) in [4.78, 5) is 9.02. The van der Waals surface area contributed by atoms with E-state index in [0.717, 1.165) is 32.5 Å². The number of hydrogen-bond donors (Lipinski definition) is 1. The lowest BCUT2D eigenvalue weighted by Crippen LogP contribution is -1.93. The van der Waals surface area contributed by atoms with Gasteiger partial charge in [0.25, 0.3) is 0 Å². The van der Waals surface area contributed by atoms with E-state index in [1.807, 2.05) is 18.2 Å². The van der Waals surface area contributed by atoms with E-state index < -0.39 is 0 Å². The van der Waals surface area contributed by atoms with Gasteiger partial charge in [0.2, 0.25) is 0 Å². The van der Waals surface area contributed by atoms with Crippen molar-refractivity contribution in [3.63, 3.8) is 0 Å². The standard InChI is InChI=1S/C14H14N3S/c1-8(2)7-11-17-12-13(18-11)9-5-3-4-6-10(9)16-14(12)15/h3-6H,7H2,1-2H3,(H2,15,16). The molecule has 0 saturated carbocycles. The molecule has 2 heterocycles. The molecule has 0 aliphatic heterocycles. The van der Waals surface area contributed by atoms with Crippen molar-refractivity contribution in [2.24, 2.45) is 0 Å². The molecule has 3 rings (SSSR count). The van der Waals surface area contributed by atoms with Gasteiger partial charge in [0.15, 0.2) is 5.82 Å². The highest BCUT2D eigenvalue weighted by atomic mass is 32.1. The number of pyridine rings is 1. The smallest absolute Gasteiger partial charge is 0.151 e. The number of anilines is 1. The highest BCUT2D eigenvalue weighted by Gasteiger charge is 2.12. The molecule has 3 nitrogen and oxygen atoms in total. The van der Waals surface area contributed by atoms with Gasteiger partial charge in [-0.15, -0.1) is 11.3 Å². The van der Waals surface area contributed by atoms with E-state index >= 15 is 0 Å². The Morgan fingerprint density at radius 1 is 1.22 bits per heavy atom. The summed E-state index contributed by atoms with van der Waals surface area (Å²) < 4.78 is 1.15. The predicted octanol–water partition coefficient (Wildman–Crippen LogP) is 3.58. The van der Waals surface area contributed by atoms with Gasteiger partial charge in [-0.3, -0.25) is 0 Å². The lowest BCUT2D eigenvalue weighted by molar-refractivity contribution is 0.947. The van der Waals surface area contributed by atoms with E-state index in [-0.39, 0.29) is 0 Å². The minimum Gasteiger partial charge on any atom is -0.382 e. The summed E-state index contributed by atoms with van der Waals surface area (Å²) in [5, 5.41) is 2.24. The maximum absolute atomic E-state index is 5.99. The lowest BCUT2D eigenvalue weighted by atomic mass is 10.1. The zero-order chi connectivity index (χ0) is 12.7. The Kier molecular flexibility index (Phi) is 2.67. The van der Waals surface area contributed by atoms with E-state index in [9.17, 15) is 0 Å². The SMILES string of the molecule is C[C](C)Cc1nc2c(N)nc3ccccc3c2s1. The summed E-state index contributed by atoms with van der Waals surface area (Å²) in [6.07, 6.45) is 0.910. The molecule has 1 aromatic carbocycles. The summed E-state index contributed by atoms with van der Waals surface area (Å²) in [6.45, 7) is 4.23. The summed E-state index contributed by atoms with van der Waals surface area (Å²) in [5.74, 6) is 1.88. The number of benzene rings is 1. The largest absolute Gasteiger partial charge is 0.382 e. The van der Waals surface area contributed by atoms with Crippen LogP contribution in [0.25, 0.3) is 21.1 Å². The van der Waals surface area contributed by atoms with Crippen molar-refractivity contribution in [2.75, 3.05) is 5.73 Å². The average Bonchev–Trinajstić information content (AvgIpc) is 2.73. The Balaban J connectivity index is 2.31. The van der Waals surface area contributed by atoms with Gasteiger partial charge in [0.05, 0.1) is 15.2 Å². The molecule has 0 amide bonds. The Morgan fingerprint density at radius 3 is 2.78 bits per heavy atom. The third-order valence-electron chi connectivity index (χ3n) is 2.81. The first-order chi connectivity index (χ1) is 8.65. The lowest BCUT2D eigenvalue weighted by Gasteiger charge is -1.99. The molecular weight excluding hydrogens is 242 g/mol. The maximum atomic E-state index is 5.99. The van der Waals surface area contributed by atoms with Gasteiger partial charge in [0.1, 0.15) is 5.52 Å². The van der Waals surface area contributed by atoms with Crippen molar-refractivity contribution in [3.05, 3.63) is 35.2 Å². The van der Waals surface area contributed by atoms with Crippen LogP contribution in [0.5, 0.6) is 0 Å². The van der Waals surface area contributed by atoms with Gasteiger partial charge in [-0.05, 0) is 12.0 Å². The van der Waals surface area contributed by atoms with Crippen LogP contribution in [0.15, 0.2) is 24.3 Å². The zero-order valence-corrected chi connectivity index (χ0v) is 11.2. The van der Waals surface area contributed by atoms with Crippen LogP contribution in [-0.2, 0) is 6.42 Å². The zero-order valence-electron chi connectivity index (χ0n) is 10.4. The van der Waals surface area contributed by atoms with Crippen molar-refractivity contribution in [1.29, 1.82) is 0 Å². The summed E-state index contributed by atoms with van der Waals surface area (Å²) >= 11 is 1.72. The molecule has 0 bridgehead atoms. The van der Waals surface area contributed by atoms with E-state index in [1.165, 1.54) is 5.92 Å². The number of fused-ring (bicyclic) bond motifs is 3. The molecule has 0 saturated heterocycles. The van der Waals surface area contributed by atoms with Crippen LogP contribution in [0.1, 0.15) is 18.9 Å². The number of aromatic nitrogens is 2. The molecule has 0 fully saturated rings. The fourth-order valence-corrected chi connectivity index (χ4v) is 3.31. The quantitative estimate of drug-likeness (QED) is 0.762. The van der Waals surface area contributed by atoms with Crippen LogP contribution >= 0.6 is 11.3 Å². The van der Waals surface area contributed by atoms with Crippen LogP contribution in [0.3, 0.4) is 0 Å². The molecule has 18 heavy (non-hydrogen) atoms. The van der Waals surface area contributed by atoms with Gasteiger partial charge in [-0.2, -0.15) is 0 Å². The molecule has 0 spiro atoms. The van der Waals surface area contributed by atoms with Gasteiger partial charge < -0.3 is 5.73 Å². The first-order valence-corrected chi connectivity index (χ1v) is 6.69. The molecule has 0 atom stereocenters. The minimum atomic E-state index is 0.528. The first kappa shape index (κ1) is 11.4. The van der Waals surface area contributed by atoms with Crippen LogP contribution in [0, 0.1) is 5.92 Å². The van der Waals surface area contributed by atoms with Crippen molar-refractivity contribution < 1.29 is 0 Å². The minimum absolute atomic E-state index is 0.528. The van der Waals surface area contributed by atoms with E-state index in [0.29, 0.717) is 5.82 Å². The van der Waals surface area contributed by atoms with E-state index in [2.05, 4.69) is 29.9 Å². The van der Waals surface area contributed by atoms with E-state index in [4.69, 9.17) is 5.73 Å². The second-order valence-electron chi connectivity index (χ2n) is 4.68. The highest BCUT2D eigenvalue weighted by Crippen LogP contribution is 2.33. The first-order valence-electron chi connectivity index (χ1n) is 5.88. The average molecular weight is 256 g/mol. The van der Waals surface area contributed by atoms with Crippen molar-refractivity contribution >= 4 is 38.3 Å². The second kappa shape index (κ2) is 4.21. The molecule has 4 heteroatoms. The molecule has 0 unspecified atom stereocenters. The van der Waals surface area contributed by atoms with Crippen LogP contribution in [-0.4, -0.2) is 9.97 Å². The van der Waals surface area contributed by atoms with Gasteiger partial charge in [0, 0.05) is 11.8 Å². The number of thiazole rings is 1.